The lowest BCUT2D eigenvalue weighted by Gasteiger charge is -2.19. The Balaban J connectivity index is 1.70. The largest absolute Gasteiger partial charge is 0.492 e. The molecule has 0 aliphatic carbocycles. The third-order valence-electron chi connectivity index (χ3n) is 3.45. The molecule has 0 bridgehead atoms. The molecular weight excluding hydrogens is 290 g/mol. The smallest absolute Gasteiger partial charge is 0.119 e. The number of likely N-dealkylation sites (tertiary alicyclic amines) is 1. The first-order chi connectivity index (χ1) is 8.88. The summed E-state index contributed by atoms with van der Waals surface area (Å²) in [4.78, 5) is 2.53. The Morgan fingerprint density at radius 1 is 1.00 bits per heavy atom. The first-order valence-corrected chi connectivity index (χ1v) is 8.01. The standard InChI is InChI=1S/C15H22BrNO/c16-13-14-5-7-15(8-6-14)18-12-11-17-9-3-1-2-4-10-17/h5-8H,1-4,9-13H2. The molecule has 0 unspecified atom stereocenters. The van der Waals surface area contributed by atoms with E-state index < -0.39 is 0 Å². The van der Waals surface area contributed by atoms with Gasteiger partial charge in [-0.05, 0) is 43.6 Å². The number of rotatable bonds is 5. The maximum Gasteiger partial charge on any atom is 0.119 e. The number of ether oxygens (including phenoxy) is 1. The van der Waals surface area contributed by atoms with Crippen LogP contribution in [0.3, 0.4) is 0 Å². The summed E-state index contributed by atoms with van der Waals surface area (Å²) in [6, 6.07) is 8.32. The monoisotopic (exact) mass is 311 g/mol. The molecule has 2 rings (SSSR count). The zero-order valence-corrected chi connectivity index (χ0v) is 12.5. The van der Waals surface area contributed by atoms with Crippen molar-refractivity contribution < 1.29 is 4.74 Å². The molecule has 100 valence electrons. The van der Waals surface area contributed by atoms with Crippen molar-refractivity contribution in [3.05, 3.63) is 29.8 Å². The number of nitrogens with zero attached hydrogens (tertiary/aromatic N) is 1. The molecule has 0 amide bonds. The first kappa shape index (κ1) is 13.9. The van der Waals surface area contributed by atoms with Crippen molar-refractivity contribution in [2.75, 3.05) is 26.2 Å². The van der Waals surface area contributed by atoms with Gasteiger partial charge in [0.25, 0.3) is 0 Å². The van der Waals surface area contributed by atoms with Gasteiger partial charge in [-0.15, -0.1) is 0 Å². The van der Waals surface area contributed by atoms with Gasteiger partial charge in [-0.25, -0.2) is 0 Å². The average molecular weight is 312 g/mol. The quantitative estimate of drug-likeness (QED) is 0.766. The lowest BCUT2D eigenvalue weighted by Crippen LogP contribution is -2.29. The van der Waals surface area contributed by atoms with Crippen LogP contribution in [0.5, 0.6) is 5.75 Å². The number of hydrogen-bond acceptors (Lipinski definition) is 2. The predicted molar refractivity (Wildman–Crippen MR) is 79.5 cm³/mol. The number of benzene rings is 1. The van der Waals surface area contributed by atoms with Crippen LogP contribution >= 0.6 is 15.9 Å². The van der Waals surface area contributed by atoms with E-state index in [-0.39, 0.29) is 0 Å². The minimum Gasteiger partial charge on any atom is -0.492 e. The minimum absolute atomic E-state index is 0.799. The van der Waals surface area contributed by atoms with E-state index in [1.807, 2.05) is 0 Å². The van der Waals surface area contributed by atoms with Gasteiger partial charge in [-0.2, -0.15) is 0 Å². The molecular formula is C15H22BrNO. The fourth-order valence-electron chi connectivity index (χ4n) is 2.33. The van der Waals surface area contributed by atoms with E-state index in [9.17, 15) is 0 Å². The van der Waals surface area contributed by atoms with Crippen molar-refractivity contribution in [1.29, 1.82) is 0 Å². The SMILES string of the molecule is BrCc1ccc(OCCN2CCCCCC2)cc1. The molecule has 2 nitrogen and oxygen atoms in total. The van der Waals surface area contributed by atoms with Gasteiger partial charge in [0, 0.05) is 11.9 Å². The van der Waals surface area contributed by atoms with Crippen molar-refractivity contribution in [1.82, 2.24) is 4.90 Å². The molecule has 18 heavy (non-hydrogen) atoms. The fourth-order valence-corrected chi connectivity index (χ4v) is 2.70. The molecule has 3 heteroatoms. The van der Waals surface area contributed by atoms with Crippen LogP contribution in [0.1, 0.15) is 31.2 Å². The van der Waals surface area contributed by atoms with E-state index >= 15 is 0 Å². The topological polar surface area (TPSA) is 12.5 Å². The van der Waals surface area contributed by atoms with E-state index in [0.29, 0.717) is 0 Å². The highest BCUT2D eigenvalue weighted by Gasteiger charge is 2.08. The maximum atomic E-state index is 5.79. The van der Waals surface area contributed by atoms with E-state index in [1.165, 1.54) is 44.3 Å². The molecule has 0 aromatic heterocycles. The zero-order valence-electron chi connectivity index (χ0n) is 10.9. The second-order valence-electron chi connectivity index (χ2n) is 4.88. The molecule has 0 atom stereocenters. The Labute approximate surface area is 118 Å². The Kier molecular flexibility index (Phi) is 6.01. The highest BCUT2D eigenvalue weighted by molar-refractivity contribution is 9.08. The molecule has 1 aromatic carbocycles. The summed E-state index contributed by atoms with van der Waals surface area (Å²) in [5, 5.41) is 0.904. The van der Waals surface area contributed by atoms with Gasteiger partial charge < -0.3 is 4.74 Å². The molecule has 1 fully saturated rings. The second kappa shape index (κ2) is 7.80. The van der Waals surface area contributed by atoms with Crippen molar-refractivity contribution in [2.24, 2.45) is 0 Å². The van der Waals surface area contributed by atoms with Gasteiger partial charge in [0.2, 0.25) is 0 Å². The van der Waals surface area contributed by atoms with Gasteiger partial charge in [0.1, 0.15) is 12.4 Å². The molecule has 1 aromatic rings. The summed E-state index contributed by atoms with van der Waals surface area (Å²) in [5.74, 6) is 0.981. The van der Waals surface area contributed by atoms with E-state index in [0.717, 1.165) is 24.2 Å². The summed E-state index contributed by atoms with van der Waals surface area (Å²) < 4.78 is 5.79. The van der Waals surface area contributed by atoms with Crippen LogP contribution in [-0.2, 0) is 5.33 Å². The van der Waals surface area contributed by atoms with Crippen LogP contribution in [-0.4, -0.2) is 31.1 Å². The van der Waals surface area contributed by atoms with Crippen molar-refractivity contribution >= 4 is 15.9 Å². The summed E-state index contributed by atoms with van der Waals surface area (Å²) >= 11 is 3.45. The van der Waals surface area contributed by atoms with E-state index in [4.69, 9.17) is 4.74 Å². The Hall–Kier alpha value is -0.540. The number of hydrogen-bond donors (Lipinski definition) is 0. The lowest BCUT2D eigenvalue weighted by atomic mass is 10.2. The lowest BCUT2D eigenvalue weighted by molar-refractivity contribution is 0.214. The molecule has 0 radical (unpaired) electrons. The average Bonchev–Trinajstić information content (AvgIpc) is 2.68. The maximum absolute atomic E-state index is 5.79. The third-order valence-corrected chi connectivity index (χ3v) is 4.10. The van der Waals surface area contributed by atoms with Crippen LogP contribution < -0.4 is 4.74 Å². The molecule has 1 aliphatic rings. The second-order valence-corrected chi connectivity index (χ2v) is 5.44. The Morgan fingerprint density at radius 3 is 2.28 bits per heavy atom. The van der Waals surface area contributed by atoms with Gasteiger partial charge >= 0.3 is 0 Å². The summed E-state index contributed by atoms with van der Waals surface area (Å²) in [5.41, 5.74) is 1.29. The van der Waals surface area contributed by atoms with Crippen molar-refractivity contribution in [3.8, 4) is 5.75 Å². The van der Waals surface area contributed by atoms with Crippen molar-refractivity contribution in [2.45, 2.75) is 31.0 Å². The third kappa shape index (κ3) is 4.62. The van der Waals surface area contributed by atoms with Gasteiger partial charge in [-0.1, -0.05) is 40.9 Å². The van der Waals surface area contributed by atoms with E-state index in [2.05, 4.69) is 45.1 Å². The highest BCUT2D eigenvalue weighted by Crippen LogP contribution is 2.14. The molecule has 1 heterocycles. The van der Waals surface area contributed by atoms with Crippen LogP contribution in [0.2, 0.25) is 0 Å². The van der Waals surface area contributed by atoms with Gasteiger partial charge in [0.15, 0.2) is 0 Å². The first-order valence-electron chi connectivity index (χ1n) is 6.88. The van der Waals surface area contributed by atoms with Crippen LogP contribution in [0.15, 0.2) is 24.3 Å². The molecule has 1 aliphatic heterocycles. The molecule has 0 N–H and O–H groups in total. The van der Waals surface area contributed by atoms with Crippen LogP contribution in [0.25, 0.3) is 0 Å². The summed E-state index contributed by atoms with van der Waals surface area (Å²) in [6.45, 7) is 4.34. The Bertz CT molecular complexity index is 331. The minimum atomic E-state index is 0.799. The summed E-state index contributed by atoms with van der Waals surface area (Å²) in [6.07, 6.45) is 5.48. The van der Waals surface area contributed by atoms with Crippen LogP contribution in [0.4, 0.5) is 0 Å². The summed E-state index contributed by atoms with van der Waals surface area (Å²) in [7, 11) is 0. The van der Waals surface area contributed by atoms with Crippen molar-refractivity contribution in [3.63, 3.8) is 0 Å². The molecule has 1 saturated heterocycles. The highest BCUT2D eigenvalue weighted by atomic mass is 79.9. The number of halogens is 1. The Morgan fingerprint density at radius 2 is 1.67 bits per heavy atom. The fraction of sp³-hybridized carbons (Fsp3) is 0.600. The van der Waals surface area contributed by atoms with Gasteiger partial charge in [0.05, 0.1) is 0 Å². The number of alkyl halides is 1. The predicted octanol–water partition coefficient (Wildman–Crippen LogP) is 3.84. The van der Waals surface area contributed by atoms with Gasteiger partial charge in [-0.3, -0.25) is 4.90 Å². The molecule has 0 spiro atoms. The van der Waals surface area contributed by atoms with Crippen LogP contribution in [0, 0.1) is 0 Å². The normalized spacial score (nSPS) is 17.4. The zero-order chi connectivity index (χ0) is 12.6. The molecule has 0 saturated carbocycles. The van der Waals surface area contributed by atoms with E-state index in [1.54, 1.807) is 0 Å².